The molecule has 1 atom stereocenters. The summed E-state index contributed by atoms with van der Waals surface area (Å²) in [6.07, 6.45) is 5.02. The second kappa shape index (κ2) is 6.28. The minimum atomic E-state index is -0.161. The van der Waals surface area contributed by atoms with Gasteiger partial charge in [0.25, 0.3) is 5.91 Å². The van der Waals surface area contributed by atoms with E-state index in [1.807, 2.05) is 25.1 Å². The van der Waals surface area contributed by atoms with Crippen molar-refractivity contribution >= 4 is 17.2 Å². The molecule has 24 heavy (non-hydrogen) atoms. The monoisotopic (exact) mass is 342 g/mol. The summed E-state index contributed by atoms with van der Waals surface area (Å²) < 4.78 is 10.8. The average molecular weight is 342 g/mol. The lowest BCUT2D eigenvalue weighted by Crippen LogP contribution is -2.33. The van der Waals surface area contributed by atoms with E-state index in [0.29, 0.717) is 5.69 Å². The standard InChI is InChI=1S/C18H18N2O3S/c1-11(4-5-12-3-2-9-22-12)19-18(21)16-14-6-7-15-13(8-10-24-15)17(14)23-20-16/h2-3,8-11H,4-7H2,1H3,(H,19,21)/t11-/m1/s1. The molecule has 0 aliphatic heterocycles. The number of hydrogen-bond donors (Lipinski definition) is 1. The molecular formula is C18H18N2O3S. The first-order chi connectivity index (χ1) is 11.7. The first-order valence-electron chi connectivity index (χ1n) is 8.11. The number of carbonyl (C=O) groups is 1. The van der Waals surface area contributed by atoms with Crippen LogP contribution in [-0.2, 0) is 19.3 Å². The highest BCUT2D eigenvalue weighted by molar-refractivity contribution is 7.10. The molecule has 1 aliphatic carbocycles. The molecule has 1 amide bonds. The van der Waals surface area contributed by atoms with Gasteiger partial charge in [-0.05, 0) is 49.8 Å². The van der Waals surface area contributed by atoms with Crippen molar-refractivity contribution in [1.82, 2.24) is 10.5 Å². The lowest BCUT2D eigenvalue weighted by atomic mass is 9.95. The SMILES string of the molecule is C[C@H](CCc1ccco1)NC(=O)c1noc2c1CCc1sccc1-2. The van der Waals surface area contributed by atoms with E-state index in [1.54, 1.807) is 17.6 Å². The van der Waals surface area contributed by atoms with Crippen molar-refractivity contribution < 1.29 is 13.7 Å². The zero-order valence-electron chi connectivity index (χ0n) is 13.4. The molecule has 0 fully saturated rings. The molecular weight excluding hydrogens is 324 g/mol. The maximum absolute atomic E-state index is 12.5. The minimum absolute atomic E-state index is 0.0373. The van der Waals surface area contributed by atoms with Crippen molar-refractivity contribution in [3.63, 3.8) is 0 Å². The van der Waals surface area contributed by atoms with E-state index in [2.05, 4.69) is 15.9 Å². The van der Waals surface area contributed by atoms with Crippen molar-refractivity contribution in [2.45, 2.75) is 38.6 Å². The molecule has 0 radical (unpaired) electrons. The Hall–Kier alpha value is -2.34. The van der Waals surface area contributed by atoms with Crippen molar-refractivity contribution in [3.05, 3.63) is 51.7 Å². The highest BCUT2D eigenvalue weighted by Crippen LogP contribution is 2.38. The van der Waals surface area contributed by atoms with Crippen LogP contribution >= 0.6 is 11.3 Å². The van der Waals surface area contributed by atoms with Crippen molar-refractivity contribution in [2.24, 2.45) is 0 Å². The van der Waals surface area contributed by atoms with Gasteiger partial charge in [0.05, 0.1) is 6.26 Å². The minimum Gasteiger partial charge on any atom is -0.469 e. The molecule has 0 unspecified atom stereocenters. The van der Waals surface area contributed by atoms with Gasteiger partial charge < -0.3 is 14.3 Å². The van der Waals surface area contributed by atoms with Crippen LogP contribution < -0.4 is 5.32 Å². The molecule has 3 aromatic rings. The largest absolute Gasteiger partial charge is 0.469 e. The van der Waals surface area contributed by atoms with E-state index in [1.165, 1.54) is 4.88 Å². The number of thiophene rings is 1. The van der Waals surface area contributed by atoms with Crippen molar-refractivity contribution in [1.29, 1.82) is 0 Å². The molecule has 1 N–H and O–H groups in total. The Kier molecular flexibility index (Phi) is 3.98. The molecule has 3 heterocycles. The van der Waals surface area contributed by atoms with Crippen molar-refractivity contribution in [3.8, 4) is 11.3 Å². The average Bonchev–Trinajstić information content (AvgIpc) is 3.30. The van der Waals surface area contributed by atoms with Gasteiger partial charge in [0.2, 0.25) is 0 Å². The van der Waals surface area contributed by atoms with Gasteiger partial charge in [-0.25, -0.2) is 0 Å². The van der Waals surface area contributed by atoms with Crippen LogP contribution in [0, 0.1) is 0 Å². The molecule has 124 valence electrons. The Morgan fingerprint density at radius 2 is 2.33 bits per heavy atom. The first-order valence-corrected chi connectivity index (χ1v) is 8.99. The van der Waals surface area contributed by atoms with Gasteiger partial charge in [-0.1, -0.05) is 5.16 Å². The third kappa shape index (κ3) is 2.78. The lowest BCUT2D eigenvalue weighted by Gasteiger charge is -2.14. The topological polar surface area (TPSA) is 68.3 Å². The van der Waals surface area contributed by atoms with E-state index >= 15 is 0 Å². The number of aryl methyl sites for hydroxylation is 2. The third-order valence-electron chi connectivity index (χ3n) is 4.38. The number of carbonyl (C=O) groups excluding carboxylic acids is 1. The van der Waals surface area contributed by atoms with E-state index < -0.39 is 0 Å². The number of furan rings is 1. The van der Waals surface area contributed by atoms with Crippen LogP contribution in [0.4, 0.5) is 0 Å². The van der Waals surface area contributed by atoms with E-state index in [4.69, 9.17) is 8.94 Å². The second-order valence-corrected chi connectivity index (χ2v) is 7.09. The molecule has 0 saturated carbocycles. The normalized spacial score (nSPS) is 14.0. The summed E-state index contributed by atoms with van der Waals surface area (Å²) in [5, 5.41) is 9.10. The molecule has 0 spiro atoms. The number of rotatable bonds is 5. The summed E-state index contributed by atoms with van der Waals surface area (Å²) in [5.74, 6) is 1.52. The van der Waals surface area contributed by atoms with Crippen LogP contribution in [0.3, 0.4) is 0 Å². The smallest absolute Gasteiger partial charge is 0.273 e. The van der Waals surface area contributed by atoms with Crippen LogP contribution in [0.1, 0.15) is 40.0 Å². The summed E-state index contributed by atoms with van der Waals surface area (Å²) >= 11 is 1.73. The third-order valence-corrected chi connectivity index (χ3v) is 5.36. The summed E-state index contributed by atoms with van der Waals surface area (Å²) in [6, 6.07) is 5.90. The summed E-state index contributed by atoms with van der Waals surface area (Å²) in [7, 11) is 0. The van der Waals surface area contributed by atoms with Crippen LogP contribution in [0.25, 0.3) is 11.3 Å². The quantitative estimate of drug-likeness (QED) is 0.765. The van der Waals surface area contributed by atoms with Gasteiger partial charge in [0.15, 0.2) is 11.5 Å². The van der Waals surface area contributed by atoms with E-state index in [0.717, 1.165) is 48.3 Å². The Labute approximate surface area is 143 Å². The molecule has 1 aliphatic rings. The zero-order chi connectivity index (χ0) is 16.5. The van der Waals surface area contributed by atoms with Gasteiger partial charge in [-0.3, -0.25) is 4.79 Å². The number of fused-ring (bicyclic) bond motifs is 3. The number of aromatic nitrogens is 1. The van der Waals surface area contributed by atoms with E-state index in [-0.39, 0.29) is 11.9 Å². The maximum Gasteiger partial charge on any atom is 0.273 e. The molecule has 3 aromatic heterocycles. The predicted octanol–water partition coefficient (Wildman–Crippen LogP) is 3.85. The van der Waals surface area contributed by atoms with Gasteiger partial charge in [0.1, 0.15) is 5.76 Å². The Morgan fingerprint density at radius 3 is 3.17 bits per heavy atom. The van der Waals surface area contributed by atoms with Crippen LogP contribution in [0.5, 0.6) is 0 Å². The zero-order valence-corrected chi connectivity index (χ0v) is 14.2. The molecule has 5 nitrogen and oxygen atoms in total. The maximum atomic E-state index is 12.5. The highest BCUT2D eigenvalue weighted by atomic mass is 32.1. The number of hydrogen-bond acceptors (Lipinski definition) is 5. The fraction of sp³-hybridized carbons (Fsp3) is 0.333. The van der Waals surface area contributed by atoms with Crippen molar-refractivity contribution in [2.75, 3.05) is 0 Å². The van der Waals surface area contributed by atoms with Crippen LogP contribution in [0.15, 0.2) is 38.8 Å². The fourth-order valence-corrected chi connectivity index (χ4v) is 3.96. The lowest BCUT2D eigenvalue weighted by molar-refractivity contribution is 0.0928. The predicted molar refractivity (Wildman–Crippen MR) is 91.2 cm³/mol. The summed E-state index contributed by atoms with van der Waals surface area (Å²) in [6.45, 7) is 1.99. The number of amides is 1. The summed E-state index contributed by atoms with van der Waals surface area (Å²) in [4.78, 5) is 13.8. The molecule has 0 aromatic carbocycles. The van der Waals surface area contributed by atoms with Gasteiger partial charge in [-0.15, -0.1) is 11.3 Å². The molecule has 6 heteroatoms. The Bertz CT molecular complexity index is 848. The highest BCUT2D eigenvalue weighted by Gasteiger charge is 2.28. The number of nitrogens with one attached hydrogen (secondary N) is 1. The Balaban J connectivity index is 1.44. The molecule has 0 bridgehead atoms. The van der Waals surface area contributed by atoms with Crippen LogP contribution in [-0.4, -0.2) is 17.1 Å². The van der Waals surface area contributed by atoms with Gasteiger partial charge >= 0.3 is 0 Å². The van der Waals surface area contributed by atoms with Crippen LogP contribution in [0.2, 0.25) is 0 Å². The van der Waals surface area contributed by atoms with Gasteiger partial charge in [-0.2, -0.15) is 0 Å². The van der Waals surface area contributed by atoms with E-state index in [9.17, 15) is 4.79 Å². The Morgan fingerprint density at radius 1 is 1.42 bits per heavy atom. The molecule has 0 saturated heterocycles. The fourth-order valence-electron chi connectivity index (χ4n) is 3.08. The second-order valence-electron chi connectivity index (χ2n) is 6.09. The first kappa shape index (κ1) is 15.2. The summed E-state index contributed by atoms with van der Waals surface area (Å²) in [5.41, 5.74) is 2.43. The van der Waals surface area contributed by atoms with Gasteiger partial charge in [0, 0.05) is 28.5 Å². The molecule has 4 rings (SSSR count). The number of nitrogens with zero attached hydrogens (tertiary/aromatic N) is 1.